The van der Waals surface area contributed by atoms with Crippen molar-refractivity contribution >= 4 is 22.9 Å². The highest BCUT2D eigenvalue weighted by molar-refractivity contribution is 5.84. The first-order chi connectivity index (χ1) is 11.3. The Balaban J connectivity index is 2.28. The number of hydrogen-bond acceptors (Lipinski definition) is 6. The third-order valence-electron chi connectivity index (χ3n) is 4.69. The molecule has 0 spiro atoms. The van der Waals surface area contributed by atoms with Crippen LogP contribution < -0.4 is 16.1 Å². The van der Waals surface area contributed by atoms with E-state index in [0.29, 0.717) is 11.6 Å². The molecule has 1 atom stereocenters. The molecule has 3 heterocycles. The quantitative estimate of drug-likeness (QED) is 0.799. The largest absolute Gasteiger partial charge is 0.340 e. The van der Waals surface area contributed by atoms with Crippen LogP contribution in [0, 0.1) is 0 Å². The molecule has 9 heteroatoms. The van der Waals surface area contributed by atoms with E-state index >= 15 is 0 Å². The SMILES string of the molecule is CC(=O)[C@@H](C)n1c(N2CCN(C)CC2)nc2c1c(=O)[nH]c(=O)n2C. The van der Waals surface area contributed by atoms with Crippen molar-refractivity contribution in [2.45, 2.75) is 19.9 Å². The van der Waals surface area contributed by atoms with Crippen LogP contribution in [0.2, 0.25) is 0 Å². The van der Waals surface area contributed by atoms with Gasteiger partial charge in [0.1, 0.15) is 0 Å². The van der Waals surface area contributed by atoms with Crippen molar-refractivity contribution in [2.24, 2.45) is 7.05 Å². The maximum absolute atomic E-state index is 12.4. The van der Waals surface area contributed by atoms with Crippen molar-refractivity contribution in [2.75, 3.05) is 38.1 Å². The van der Waals surface area contributed by atoms with E-state index in [1.165, 1.54) is 11.5 Å². The monoisotopic (exact) mass is 334 g/mol. The van der Waals surface area contributed by atoms with Crippen molar-refractivity contribution in [1.82, 2.24) is 24.0 Å². The Labute approximate surface area is 138 Å². The average molecular weight is 334 g/mol. The second-order valence-electron chi connectivity index (χ2n) is 6.35. The van der Waals surface area contributed by atoms with E-state index in [2.05, 4.69) is 19.8 Å². The number of nitrogens with zero attached hydrogens (tertiary/aromatic N) is 5. The molecule has 2 aromatic rings. The molecule has 9 nitrogen and oxygen atoms in total. The molecular weight excluding hydrogens is 312 g/mol. The summed E-state index contributed by atoms with van der Waals surface area (Å²) in [4.78, 5) is 47.3. The molecule has 130 valence electrons. The lowest BCUT2D eigenvalue weighted by molar-refractivity contribution is -0.119. The Kier molecular flexibility index (Phi) is 4.04. The maximum atomic E-state index is 12.4. The Morgan fingerprint density at radius 3 is 2.38 bits per heavy atom. The Bertz CT molecular complexity index is 900. The molecule has 0 bridgehead atoms. The van der Waals surface area contributed by atoms with Crippen LogP contribution in [0.1, 0.15) is 19.9 Å². The zero-order valence-corrected chi connectivity index (χ0v) is 14.4. The fraction of sp³-hybridized carbons (Fsp3) is 0.600. The molecule has 2 aromatic heterocycles. The predicted octanol–water partition coefficient (Wildman–Crippen LogP) is -0.675. The summed E-state index contributed by atoms with van der Waals surface area (Å²) in [5, 5.41) is 0. The number of Topliss-reactive ketones (excluding diaryl/α,β-unsaturated/α-hetero) is 1. The van der Waals surface area contributed by atoms with Gasteiger partial charge in [-0.15, -0.1) is 0 Å². The maximum Gasteiger partial charge on any atom is 0.329 e. The lowest BCUT2D eigenvalue weighted by Gasteiger charge is -2.33. The fourth-order valence-corrected chi connectivity index (χ4v) is 2.97. The minimum absolute atomic E-state index is 0.0714. The highest BCUT2D eigenvalue weighted by atomic mass is 16.2. The van der Waals surface area contributed by atoms with Gasteiger partial charge in [-0.3, -0.25) is 23.7 Å². The number of likely N-dealkylation sites (N-methyl/N-ethyl adjacent to an activating group) is 1. The van der Waals surface area contributed by atoms with Crippen LogP contribution in [0.15, 0.2) is 9.59 Å². The summed E-state index contributed by atoms with van der Waals surface area (Å²) in [6, 6.07) is -0.539. The van der Waals surface area contributed by atoms with E-state index in [0.717, 1.165) is 26.2 Å². The van der Waals surface area contributed by atoms with Gasteiger partial charge in [0.05, 0.1) is 6.04 Å². The lowest BCUT2D eigenvalue weighted by atomic mass is 10.2. The first kappa shape index (κ1) is 16.4. The number of hydrogen-bond donors (Lipinski definition) is 1. The van der Waals surface area contributed by atoms with E-state index < -0.39 is 17.3 Å². The molecule has 1 aliphatic heterocycles. The molecule has 0 aromatic carbocycles. The van der Waals surface area contributed by atoms with Crippen LogP contribution in [0.3, 0.4) is 0 Å². The molecule has 1 saturated heterocycles. The van der Waals surface area contributed by atoms with Crippen LogP contribution in [0.4, 0.5) is 5.95 Å². The molecule has 0 unspecified atom stereocenters. The summed E-state index contributed by atoms with van der Waals surface area (Å²) in [5.74, 6) is 0.491. The van der Waals surface area contributed by atoms with E-state index in [9.17, 15) is 14.4 Å². The Morgan fingerprint density at radius 2 is 1.79 bits per heavy atom. The third kappa shape index (κ3) is 2.54. The first-order valence-corrected chi connectivity index (χ1v) is 7.96. The number of aromatic nitrogens is 4. The minimum atomic E-state index is -0.539. The van der Waals surface area contributed by atoms with Gasteiger partial charge >= 0.3 is 5.69 Å². The van der Waals surface area contributed by atoms with Gasteiger partial charge in [-0.25, -0.2) is 4.79 Å². The van der Waals surface area contributed by atoms with E-state index in [1.54, 1.807) is 18.5 Å². The van der Waals surface area contributed by atoms with Gasteiger partial charge in [0.2, 0.25) is 5.95 Å². The number of H-pyrrole nitrogens is 1. The van der Waals surface area contributed by atoms with Crippen LogP contribution in [-0.2, 0) is 11.8 Å². The third-order valence-corrected chi connectivity index (χ3v) is 4.69. The highest BCUT2D eigenvalue weighted by Gasteiger charge is 2.27. The number of ketones is 1. The number of imidazole rings is 1. The fourth-order valence-electron chi connectivity index (χ4n) is 2.97. The molecule has 0 radical (unpaired) electrons. The van der Waals surface area contributed by atoms with Gasteiger partial charge < -0.3 is 9.80 Å². The number of aromatic amines is 1. The molecule has 1 fully saturated rings. The van der Waals surface area contributed by atoms with Crippen LogP contribution >= 0.6 is 0 Å². The van der Waals surface area contributed by atoms with Crippen molar-refractivity contribution in [3.05, 3.63) is 20.8 Å². The van der Waals surface area contributed by atoms with Crippen molar-refractivity contribution in [3.63, 3.8) is 0 Å². The van der Waals surface area contributed by atoms with Crippen LogP contribution in [-0.4, -0.2) is 63.0 Å². The number of fused-ring (bicyclic) bond motifs is 1. The Morgan fingerprint density at radius 1 is 1.17 bits per heavy atom. The summed E-state index contributed by atoms with van der Waals surface area (Å²) in [7, 11) is 3.61. The number of nitrogens with one attached hydrogen (secondary N) is 1. The van der Waals surface area contributed by atoms with Gasteiger partial charge in [-0.1, -0.05) is 0 Å². The highest BCUT2D eigenvalue weighted by Crippen LogP contribution is 2.25. The predicted molar refractivity (Wildman–Crippen MR) is 90.7 cm³/mol. The Hall–Kier alpha value is -2.42. The second-order valence-corrected chi connectivity index (χ2v) is 6.35. The second kappa shape index (κ2) is 5.90. The van der Waals surface area contributed by atoms with Crippen molar-refractivity contribution in [1.29, 1.82) is 0 Å². The van der Waals surface area contributed by atoms with Gasteiger partial charge in [0, 0.05) is 33.2 Å². The van der Waals surface area contributed by atoms with E-state index in [4.69, 9.17) is 0 Å². The number of carbonyl (C=O) groups is 1. The van der Waals surface area contributed by atoms with E-state index in [1.807, 2.05) is 7.05 Å². The summed E-state index contributed by atoms with van der Waals surface area (Å²) in [5.41, 5.74) is -0.480. The first-order valence-electron chi connectivity index (χ1n) is 7.96. The molecule has 0 saturated carbocycles. The minimum Gasteiger partial charge on any atom is -0.340 e. The van der Waals surface area contributed by atoms with Gasteiger partial charge in [0.25, 0.3) is 5.56 Å². The average Bonchev–Trinajstić information content (AvgIpc) is 2.93. The number of aryl methyl sites for hydroxylation is 1. The molecule has 1 N–H and O–H groups in total. The zero-order valence-electron chi connectivity index (χ0n) is 14.4. The van der Waals surface area contributed by atoms with Crippen LogP contribution in [0.5, 0.6) is 0 Å². The number of carbonyl (C=O) groups excluding carboxylic acids is 1. The summed E-state index contributed by atoms with van der Waals surface area (Å²) in [6.45, 7) is 6.46. The number of anilines is 1. The van der Waals surface area contributed by atoms with Gasteiger partial charge in [-0.2, -0.15) is 4.98 Å². The molecule has 3 rings (SSSR count). The summed E-state index contributed by atoms with van der Waals surface area (Å²) >= 11 is 0. The molecule has 0 aliphatic carbocycles. The standard InChI is InChI=1S/C15H22N6O3/c1-9(10(2)22)21-11-12(19(4)15(24)17-13(11)23)16-14(21)20-7-5-18(3)6-8-20/h9H,5-8H2,1-4H3,(H,17,23,24)/t9-/m1/s1. The van der Waals surface area contributed by atoms with Gasteiger partial charge in [0.15, 0.2) is 16.9 Å². The normalized spacial score (nSPS) is 17.4. The number of rotatable bonds is 3. The zero-order chi connectivity index (χ0) is 17.6. The van der Waals surface area contributed by atoms with Crippen molar-refractivity contribution < 1.29 is 4.79 Å². The lowest BCUT2D eigenvalue weighted by Crippen LogP contribution is -2.45. The summed E-state index contributed by atoms with van der Waals surface area (Å²) < 4.78 is 2.96. The van der Waals surface area contributed by atoms with Gasteiger partial charge in [-0.05, 0) is 20.9 Å². The molecular formula is C15H22N6O3. The summed E-state index contributed by atoms with van der Waals surface area (Å²) in [6.07, 6.45) is 0. The number of piperazine rings is 1. The smallest absolute Gasteiger partial charge is 0.329 e. The molecule has 24 heavy (non-hydrogen) atoms. The van der Waals surface area contributed by atoms with Crippen LogP contribution in [0.25, 0.3) is 11.2 Å². The molecule has 1 aliphatic rings. The van der Waals surface area contributed by atoms with E-state index in [-0.39, 0.29) is 11.3 Å². The topological polar surface area (TPSA) is 96.2 Å². The molecule has 0 amide bonds. The van der Waals surface area contributed by atoms with Crippen molar-refractivity contribution in [3.8, 4) is 0 Å².